The first-order valence-corrected chi connectivity index (χ1v) is 8.21. The second kappa shape index (κ2) is 7.75. The summed E-state index contributed by atoms with van der Waals surface area (Å²) in [4.78, 5) is 27.9. The second-order valence-corrected chi connectivity index (χ2v) is 5.84. The molecular formula is C20H19FN2O2. The molecule has 0 aliphatic carbocycles. The van der Waals surface area contributed by atoms with Crippen molar-refractivity contribution >= 4 is 17.9 Å². The number of hydrogen-bond acceptors (Lipinski definition) is 2. The van der Waals surface area contributed by atoms with E-state index < -0.39 is 5.82 Å². The molecule has 4 nitrogen and oxygen atoms in total. The maximum atomic E-state index is 13.7. The lowest BCUT2D eigenvalue weighted by atomic mass is 10.1. The molecule has 0 saturated carbocycles. The lowest BCUT2D eigenvalue weighted by Crippen LogP contribution is -2.50. The van der Waals surface area contributed by atoms with Gasteiger partial charge in [0, 0.05) is 32.3 Å². The average Bonchev–Trinajstić information content (AvgIpc) is 2.67. The molecule has 0 radical (unpaired) electrons. The van der Waals surface area contributed by atoms with E-state index >= 15 is 0 Å². The molecule has 2 amide bonds. The summed E-state index contributed by atoms with van der Waals surface area (Å²) in [7, 11) is 0. The Morgan fingerprint density at radius 1 is 0.840 bits per heavy atom. The normalized spacial score (nSPS) is 14.8. The van der Waals surface area contributed by atoms with Crippen molar-refractivity contribution in [2.75, 3.05) is 26.2 Å². The minimum atomic E-state index is -0.517. The number of rotatable bonds is 3. The zero-order chi connectivity index (χ0) is 17.6. The molecule has 1 aliphatic rings. The van der Waals surface area contributed by atoms with Crippen molar-refractivity contribution < 1.29 is 14.0 Å². The number of carbonyl (C=O) groups is 2. The van der Waals surface area contributed by atoms with E-state index in [-0.39, 0.29) is 17.4 Å². The van der Waals surface area contributed by atoms with Gasteiger partial charge >= 0.3 is 0 Å². The molecular weight excluding hydrogens is 319 g/mol. The molecule has 3 rings (SSSR count). The van der Waals surface area contributed by atoms with Crippen LogP contribution in [0.1, 0.15) is 15.9 Å². The maximum absolute atomic E-state index is 13.7. The standard InChI is InChI=1S/C20H19FN2O2/c21-18-9-5-4-8-17(18)20(25)23-14-12-22(13-15-23)19(24)11-10-16-6-2-1-3-7-16/h1-11H,12-15H2/b11-10+. The summed E-state index contributed by atoms with van der Waals surface area (Å²) in [6.07, 6.45) is 3.32. The predicted molar refractivity (Wildman–Crippen MR) is 94.4 cm³/mol. The summed E-state index contributed by atoms with van der Waals surface area (Å²) >= 11 is 0. The number of amides is 2. The smallest absolute Gasteiger partial charge is 0.256 e. The minimum absolute atomic E-state index is 0.0752. The third-order valence-corrected chi connectivity index (χ3v) is 4.20. The zero-order valence-corrected chi connectivity index (χ0v) is 13.8. The summed E-state index contributed by atoms with van der Waals surface area (Å²) in [5.74, 6) is -0.927. The van der Waals surface area contributed by atoms with Gasteiger partial charge < -0.3 is 9.80 Å². The Morgan fingerprint density at radius 2 is 1.44 bits per heavy atom. The fourth-order valence-electron chi connectivity index (χ4n) is 2.77. The quantitative estimate of drug-likeness (QED) is 0.808. The summed E-state index contributed by atoms with van der Waals surface area (Å²) in [6.45, 7) is 1.69. The third kappa shape index (κ3) is 4.12. The van der Waals surface area contributed by atoms with Crippen LogP contribution in [0, 0.1) is 5.82 Å². The lowest BCUT2D eigenvalue weighted by Gasteiger charge is -2.34. The molecule has 0 unspecified atom stereocenters. The topological polar surface area (TPSA) is 40.6 Å². The largest absolute Gasteiger partial charge is 0.336 e. The number of nitrogens with zero attached hydrogens (tertiary/aromatic N) is 2. The highest BCUT2D eigenvalue weighted by molar-refractivity contribution is 5.95. The van der Waals surface area contributed by atoms with Crippen molar-refractivity contribution in [3.8, 4) is 0 Å². The van der Waals surface area contributed by atoms with Crippen LogP contribution in [0.25, 0.3) is 6.08 Å². The molecule has 0 spiro atoms. The predicted octanol–water partition coefficient (Wildman–Crippen LogP) is 2.82. The zero-order valence-electron chi connectivity index (χ0n) is 13.8. The van der Waals surface area contributed by atoms with Gasteiger partial charge in [0.15, 0.2) is 0 Å². The van der Waals surface area contributed by atoms with Crippen LogP contribution in [-0.4, -0.2) is 47.8 Å². The van der Waals surface area contributed by atoms with Crippen molar-refractivity contribution in [1.82, 2.24) is 9.80 Å². The van der Waals surface area contributed by atoms with Gasteiger partial charge in [-0.3, -0.25) is 9.59 Å². The monoisotopic (exact) mass is 338 g/mol. The molecule has 1 fully saturated rings. The SMILES string of the molecule is O=C(/C=C/c1ccccc1)N1CCN(C(=O)c2ccccc2F)CC1. The van der Waals surface area contributed by atoms with E-state index in [1.807, 2.05) is 30.3 Å². The fourth-order valence-corrected chi connectivity index (χ4v) is 2.77. The Balaban J connectivity index is 1.56. The summed E-state index contributed by atoms with van der Waals surface area (Å²) < 4.78 is 13.7. The Morgan fingerprint density at radius 3 is 2.12 bits per heavy atom. The van der Waals surface area contributed by atoms with E-state index in [1.165, 1.54) is 12.1 Å². The first-order chi connectivity index (χ1) is 12.1. The molecule has 128 valence electrons. The second-order valence-electron chi connectivity index (χ2n) is 5.84. The summed E-state index contributed by atoms with van der Waals surface area (Å²) in [6, 6.07) is 15.6. The van der Waals surface area contributed by atoms with Crippen LogP contribution in [0.15, 0.2) is 60.7 Å². The van der Waals surface area contributed by atoms with Gasteiger partial charge in [-0.1, -0.05) is 42.5 Å². The molecule has 1 heterocycles. The average molecular weight is 338 g/mol. The van der Waals surface area contributed by atoms with E-state index in [0.29, 0.717) is 26.2 Å². The third-order valence-electron chi connectivity index (χ3n) is 4.20. The van der Waals surface area contributed by atoms with Gasteiger partial charge in [-0.25, -0.2) is 4.39 Å². The Kier molecular flexibility index (Phi) is 5.23. The van der Waals surface area contributed by atoms with Crippen molar-refractivity contribution in [1.29, 1.82) is 0 Å². The Hall–Kier alpha value is -2.95. The summed E-state index contributed by atoms with van der Waals surface area (Å²) in [5.41, 5.74) is 1.04. The highest BCUT2D eigenvalue weighted by Gasteiger charge is 2.25. The van der Waals surface area contributed by atoms with Gasteiger partial charge in [-0.15, -0.1) is 0 Å². The van der Waals surface area contributed by atoms with Crippen LogP contribution < -0.4 is 0 Å². The molecule has 25 heavy (non-hydrogen) atoms. The van der Waals surface area contributed by atoms with E-state index in [9.17, 15) is 14.0 Å². The Labute approximate surface area is 146 Å². The van der Waals surface area contributed by atoms with Crippen LogP contribution in [0.4, 0.5) is 4.39 Å². The molecule has 0 bridgehead atoms. The first-order valence-electron chi connectivity index (χ1n) is 8.21. The molecule has 2 aromatic carbocycles. The van der Waals surface area contributed by atoms with Crippen LogP contribution >= 0.6 is 0 Å². The van der Waals surface area contributed by atoms with E-state index in [4.69, 9.17) is 0 Å². The molecule has 2 aromatic rings. The number of piperazine rings is 1. The molecule has 0 aromatic heterocycles. The number of hydrogen-bond donors (Lipinski definition) is 0. The van der Waals surface area contributed by atoms with Crippen molar-refractivity contribution in [3.63, 3.8) is 0 Å². The molecule has 1 aliphatic heterocycles. The van der Waals surface area contributed by atoms with Gasteiger partial charge in [-0.2, -0.15) is 0 Å². The van der Waals surface area contributed by atoms with E-state index in [2.05, 4.69) is 0 Å². The van der Waals surface area contributed by atoms with Crippen molar-refractivity contribution in [2.24, 2.45) is 0 Å². The molecule has 1 saturated heterocycles. The maximum Gasteiger partial charge on any atom is 0.256 e. The number of benzene rings is 2. The van der Waals surface area contributed by atoms with Gasteiger partial charge in [0.25, 0.3) is 5.91 Å². The number of carbonyl (C=O) groups excluding carboxylic acids is 2. The Bertz CT molecular complexity index is 781. The van der Waals surface area contributed by atoms with Gasteiger partial charge in [0.2, 0.25) is 5.91 Å². The van der Waals surface area contributed by atoms with Gasteiger partial charge in [0.1, 0.15) is 5.82 Å². The van der Waals surface area contributed by atoms with Gasteiger partial charge in [-0.05, 0) is 23.8 Å². The van der Waals surface area contributed by atoms with Crippen molar-refractivity contribution in [2.45, 2.75) is 0 Å². The van der Waals surface area contributed by atoms with Gasteiger partial charge in [0.05, 0.1) is 5.56 Å². The molecule has 5 heteroatoms. The van der Waals surface area contributed by atoms with Crippen molar-refractivity contribution in [3.05, 3.63) is 77.6 Å². The highest BCUT2D eigenvalue weighted by Crippen LogP contribution is 2.13. The van der Waals surface area contributed by atoms with E-state index in [1.54, 1.807) is 34.1 Å². The molecule has 0 N–H and O–H groups in total. The highest BCUT2D eigenvalue weighted by atomic mass is 19.1. The summed E-state index contributed by atoms with van der Waals surface area (Å²) in [5, 5.41) is 0. The minimum Gasteiger partial charge on any atom is -0.336 e. The first kappa shape index (κ1) is 16.9. The van der Waals surface area contributed by atoms with Crippen LogP contribution in [0.5, 0.6) is 0 Å². The lowest BCUT2D eigenvalue weighted by molar-refractivity contribution is -0.127. The van der Waals surface area contributed by atoms with Crippen LogP contribution in [0.3, 0.4) is 0 Å². The van der Waals surface area contributed by atoms with Crippen LogP contribution in [-0.2, 0) is 4.79 Å². The fraction of sp³-hybridized carbons (Fsp3) is 0.200. The molecule has 0 atom stereocenters. The van der Waals surface area contributed by atoms with Crippen LogP contribution in [0.2, 0.25) is 0 Å². The number of halogens is 1. The van der Waals surface area contributed by atoms with E-state index in [0.717, 1.165) is 5.56 Å².